The maximum atomic E-state index is 9.17. The Morgan fingerprint density at radius 1 is 1.32 bits per heavy atom. The van der Waals surface area contributed by atoms with Crippen molar-refractivity contribution in [2.24, 2.45) is 0 Å². The van der Waals surface area contributed by atoms with Crippen LogP contribution in [0.25, 0.3) is 0 Å². The zero-order valence-corrected chi connectivity index (χ0v) is 15.3. The Bertz CT molecular complexity index is 678. The van der Waals surface area contributed by atoms with Gasteiger partial charge in [-0.05, 0) is 31.2 Å². The van der Waals surface area contributed by atoms with Gasteiger partial charge in [0, 0.05) is 19.6 Å². The first kappa shape index (κ1) is 18.1. The van der Waals surface area contributed by atoms with E-state index in [9.17, 15) is 5.11 Å². The van der Waals surface area contributed by atoms with Crippen molar-refractivity contribution in [1.82, 2.24) is 15.3 Å². The fourth-order valence-corrected chi connectivity index (χ4v) is 3.35. The van der Waals surface area contributed by atoms with Crippen molar-refractivity contribution < 1.29 is 5.11 Å². The molecule has 0 aliphatic heterocycles. The fraction of sp³-hybridized carbons (Fsp3) is 0.474. The van der Waals surface area contributed by atoms with Gasteiger partial charge in [-0.25, -0.2) is 4.98 Å². The third-order valence-corrected chi connectivity index (χ3v) is 5.12. The van der Waals surface area contributed by atoms with Crippen LogP contribution in [-0.2, 0) is 6.42 Å². The zero-order chi connectivity index (χ0) is 17.6. The van der Waals surface area contributed by atoms with Gasteiger partial charge >= 0.3 is 0 Å². The topological polar surface area (TPSA) is 61.3 Å². The van der Waals surface area contributed by atoms with Gasteiger partial charge in [-0.1, -0.05) is 41.9 Å². The van der Waals surface area contributed by atoms with Crippen molar-refractivity contribution in [3.05, 3.63) is 52.9 Å². The maximum absolute atomic E-state index is 9.17. The van der Waals surface area contributed by atoms with Crippen LogP contribution in [0.5, 0.6) is 0 Å². The number of aliphatic hydroxyl groups is 1. The molecule has 2 N–H and O–H groups in total. The second kappa shape index (κ2) is 8.61. The van der Waals surface area contributed by atoms with E-state index in [1.165, 1.54) is 24.8 Å². The van der Waals surface area contributed by atoms with Crippen molar-refractivity contribution >= 4 is 17.4 Å². The minimum absolute atomic E-state index is 0.0683. The van der Waals surface area contributed by atoms with Gasteiger partial charge < -0.3 is 15.3 Å². The van der Waals surface area contributed by atoms with Crippen LogP contribution in [-0.4, -0.2) is 41.3 Å². The number of nitrogens with one attached hydrogen (secondary N) is 1. The Kier molecular flexibility index (Phi) is 6.24. The lowest BCUT2D eigenvalue weighted by Gasteiger charge is -2.35. The number of halogens is 1. The molecule has 1 atom stereocenters. The summed E-state index contributed by atoms with van der Waals surface area (Å²) in [4.78, 5) is 11.3. The largest absolute Gasteiger partial charge is 0.395 e. The lowest BCUT2D eigenvalue weighted by atomic mass is 9.92. The van der Waals surface area contributed by atoms with Crippen LogP contribution in [0.2, 0.25) is 5.15 Å². The monoisotopic (exact) mass is 360 g/mol. The Hall–Kier alpha value is -1.69. The number of nitrogens with zero attached hydrogens (tertiary/aromatic N) is 3. The molecule has 0 spiro atoms. The van der Waals surface area contributed by atoms with Crippen LogP contribution in [0.3, 0.4) is 0 Å². The molecule has 1 unspecified atom stereocenters. The first-order valence-corrected chi connectivity index (χ1v) is 9.20. The summed E-state index contributed by atoms with van der Waals surface area (Å²) < 4.78 is 0. The number of benzene rings is 1. The Balaban J connectivity index is 1.79. The predicted molar refractivity (Wildman–Crippen MR) is 101 cm³/mol. The van der Waals surface area contributed by atoms with Crippen LogP contribution in [0, 0.1) is 0 Å². The van der Waals surface area contributed by atoms with Crippen LogP contribution < -0.4 is 10.2 Å². The highest BCUT2D eigenvalue weighted by atomic mass is 35.5. The van der Waals surface area contributed by atoms with Crippen LogP contribution >= 0.6 is 11.6 Å². The van der Waals surface area contributed by atoms with Gasteiger partial charge in [0.1, 0.15) is 5.82 Å². The van der Waals surface area contributed by atoms with Crippen molar-refractivity contribution in [1.29, 1.82) is 0 Å². The molecular weight excluding hydrogens is 336 g/mol. The number of aromatic nitrogens is 2. The molecule has 3 rings (SSSR count). The molecule has 1 aliphatic rings. The number of hydrogen-bond acceptors (Lipinski definition) is 5. The van der Waals surface area contributed by atoms with E-state index in [1.807, 2.05) is 18.2 Å². The standard InChI is InChI=1S/C19H25ClN4O/c1-24(15-8-5-9-15)17-13-22-18(19(20)23-17)16(21-10-11-25)12-14-6-3-2-4-7-14/h2-4,6-7,13,15-16,21,25H,5,8-12H2,1H3. The molecule has 25 heavy (non-hydrogen) atoms. The molecule has 0 bridgehead atoms. The quantitative estimate of drug-likeness (QED) is 0.757. The summed E-state index contributed by atoms with van der Waals surface area (Å²) in [7, 11) is 2.05. The maximum Gasteiger partial charge on any atom is 0.154 e. The summed E-state index contributed by atoms with van der Waals surface area (Å²) in [6, 6.07) is 10.6. The molecule has 1 fully saturated rings. The summed E-state index contributed by atoms with van der Waals surface area (Å²) in [5.74, 6) is 0.819. The number of aliphatic hydroxyl groups excluding tert-OH is 1. The molecule has 2 aromatic rings. The minimum atomic E-state index is -0.0855. The van der Waals surface area contributed by atoms with Crippen LogP contribution in [0.1, 0.15) is 36.6 Å². The summed E-state index contributed by atoms with van der Waals surface area (Å²) >= 11 is 6.48. The second-order valence-electron chi connectivity index (χ2n) is 6.52. The zero-order valence-electron chi connectivity index (χ0n) is 14.5. The van der Waals surface area contributed by atoms with Gasteiger partial charge in [0.15, 0.2) is 5.15 Å². The van der Waals surface area contributed by atoms with E-state index in [4.69, 9.17) is 11.6 Å². The van der Waals surface area contributed by atoms with E-state index in [2.05, 4.69) is 39.4 Å². The SMILES string of the molecule is CN(c1cnc(C(Cc2ccccc2)NCCO)c(Cl)n1)C1CCC1. The molecule has 0 radical (unpaired) electrons. The summed E-state index contributed by atoms with van der Waals surface area (Å²) in [6.07, 6.45) is 6.22. The average Bonchev–Trinajstić information content (AvgIpc) is 2.58. The predicted octanol–water partition coefficient (Wildman–Crippen LogP) is 2.98. The van der Waals surface area contributed by atoms with Gasteiger partial charge in [-0.15, -0.1) is 0 Å². The molecular formula is C19H25ClN4O. The van der Waals surface area contributed by atoms with Crippen molar-refractivity contribution in [3.63, 3.8) is 0 Å². The van der Waals surface area contributed by atoms with E-state index in [1.54, 1.807) is 6.20 Å². The summed E-state index contributed by atoms with van der Waals surface area (Å²) in [6.45, 7) is 0.554. The molecule has 1 aromatic heterocycles. The van der Waals surface area contributed by atoms with Gasteiger partial charge in [-0.2, -0.15) is 0 Å². The highest BCUT2D eigenvalue weighted by Crippen LogP contribution is 2.29. The highest BCUT2D eigenvalue weighted by Gasteiger charge is 2.25. The van der Waals surface area contributed by atoms with E-state index in [0.29, 0.717) is 17.7 Å². The van der Waals surface area contributed by atoms with Crippen molar-refractivity contribution in [2.45, 2.75) is 37.8 Å². The van der Waals surface area contributed by atoms with E-state index in [-0.39, 0.29) is 12.6 Å². The van der Waals surface area contributed by atoms with Gasteiger partial charge in [0.05, 0.1) is 24.5 Å². The third kappa shape index (κ3) is 4.48. The van der Waals surface area contributed by atoms with Gasteiger partial charge in [0.2, 0.25) is 0 Å². The molecule has 1 heterocycles. The number of rotatable bonds is 8. The number of anilines is 1. The minimum Gasteiger partial charge on any atom is -0.395 e. The van der Waals surface area contributed by atoms with E-state index in [0.717, 1.165) is 17.9 Å². The van der Waals surface area contributed by atoms with E-state index >= 15 is 0 Å². The highest BCUT2D eigenvalue weighted by molar-refractivity contribution is 6.30. The fourth-order valence-electron chi connectivity index (χ4n) is 3.09. The van der Waals surface area contributed by atoms with Crippen molar-refractivity contribution in [3.8, 4) is 0 Å². The summed E-state index contributed by atoms with van der Waals surface area (Å²) in [5.41, 5.74) is 1.91. The molecule has 134 valence electrons. The van der Waals surface area contributed by atoms with Gasteiger partial charge in [0.25, 0.3) is 0 Å². The Morgan fingerprint density at radius 2 is 2.08 bits per heavy atom. The molecule has 1 aliphatic carbocycles. The lowest BCUT2D eigenvalue weighted by molar-refractivity contribution is 0.283. The van der Waals surface area contributed by atoms with Crippen LogP contribution in [0.15, 0.2) is 36.5 Å². The first-order valence-electron chi connectivity index (χ1n) is 8.82. The second-order valence-corrected chi connectivity index (χ2v) is 6.88. The number of hydrogen-bond donors (Lipinski definition) is 2. The molecule has 1 aromatic carbocycles. The Labute approximate surface area is 154 Å². The molecule has 1 saturated carbocycles. The van der Waals surface area contributed by atoms with E-state index < -0.39 is 0 Å². The molecule has 5 nitrogen and oxygen atoms in total. The molecule has 0 saturated heterocycles. The summed E-state index contributed by atoms with van der Waals surface area (Å²) in [5, 5.41) is 12.9. The van der Waals surface area contributed by atoms with Crippen LogP contribution in [0.4, 0.5) is 5.82 Å². The molecule has 0 amide bonds. The Morgan fingerprint density at radius 3 is 2.68 bits per heavy atom. The smallest absolute Gasteiger partial charge is 0.154 e. The molecule has 6 heteroatoms. The normalized spacial score (nSPS) is 15.6. The first-order chi connectivity index (χ1) is 12.2. The average molecular weight is 361 g/mol. The van der Waals surface area contributed by atoms with Gasteiger partial charge in [-0.3, -0.25) is 4.98 Å². The third-order valence-electron chi connectivity index (χ3n) is 4.84. The lowest BCUT2D eigenvalue weighted by Crippen LogP contribution is -2.37. The van der Waals surface area contributed by atoms with Crippen molar-refractivity contribution in [2.75, 3.05) is 25.1 Å².